The van der Waals surface area contributed by atoms with Crippen molar-refractivity contribution < 1.29 is 13.2 Å². The van der Waals surface area contributed by atoms with Crippen LogP contribution >= 0.6 is 23.2 Å². The number of anilines is 5. The minimum atomic E-state index is -3.81. The second kappa shape index (κ2) is 11.4. The van der Waals surface area contributed by atoms with E-state index in [9.17, 15) is 8.42 Å². The van der Waals surface area contributed by atoms with E-state index in [1.807, 2.05) is 0 Å². The predicted octanol–water partition coefficient (Wildman–Crippen LogP) is 4.77. The number of methoxy groups -OCH3 is 1. The molecule has 0 fully saturated rings. The van der Waals surface area contributed by atoms with Gasteiger partial charge >= 0.3 is 0 Å². The minimum Gasteiger partial charge on any atom is -0.497 e. The maximum atomic E-state index is 11.5. The number of nitrogens with one attached hydrogen (secondary N) is 3. The molecule has 0 saturated heterocycles. The Balaban J connectivity index is 1.59. The molecule has 0 unspecified atom stereocenters. The van der Waals surface area contributed by atoms with Gasteiger partial charge < -0.3 is 15.4 Å². The van der Waals surface area contributed by atoms with E-state index in [4.69, 9.17) is 33.1 Å². The molecule has 4 rings (SSSR count). The van der Waals surface area contributed by atoms with Gasteiger partial charge in [0, 0.05) is 22.0 Å². The third-order valence-corrected chi connectivity index (χ3v) is 6.24. The second-order valence-electron chi connectivity index (χ2n) is 7.39. The zero-order valence-corrected chi connectivity index (χ0v) is 21.5. The van der Waals surface area contributed by atoms with E-state index in [1.165, 1.54) is 30.5 Å². The number of hydrazone groups is 1. The summed E-state index contributed by atoms with van der Waals surface area (Å²) in [7, 11) is -2.23. The summed E-state index contributed by atoms with van der Waals surface area (Å²) < 4.78 is 28.2. The number of nitrogens with zero attached hydrogens (tertiary/aromatic N) is 4. The molecular formula is C23H20Cl2N8O3S. The number of hydrogen-bond acceptors (Lipinski definition) is 10. The monoisotopic (exact) mass is 558 g/mol. The molecule has 14 heteroatoms. The average molecular weight is 559 g/mol. The van der Waals surface area contributed by atoms with Gasteiger partial charge in [-0.15, -0.1) is 0 Å². The van der Waals surface area contributed by atoms with Crippen molar-refractivity contribution in [3.05, 3.63) is 82.3 Å². The molecule has 5 N–H and O–H groups in total. The molecule has 3 aromatic carbocycles. The SMILES string of the molecule is COc1ccc(Nc2nc(N/N=C/c3ccc(Cl)cc3Cl)nc(Nc3ccc(S(N)(=O)=O)cc3)n2)cc1. The van der Waals surface area contributed by atoms with Crippen LogP contribution in [0.4, 0.5) is 29.2 Å². The van der Waals surface area contributed by atoms with E-state index in [0.717, 1.165) is 0 Å². The van der Waals surface area contributed by atoms with Crippen molar-refractivity contribution in [3.8, 4) is 5.75 Å². The van der Waals surface area contributed by atoms with Crippen LogP contribution in [0.25, 0.3) is 0 Å². The van der Waals surface area contributed by atoms with Crippen LogP contribution in [0, 0.1) is 0 Å². The highest BCUT2D eigenvalue weighted by Crippen LogP contribution is 2.22. The van der Waals surface area contributed by atoms with E-state index in [0.29, 0.717) is 32.7 Å². The van der Waals surface area contributed by atoms with Crippen molar-refractivity contribution in [2.24, 2.45) is 10.2 Å². The summed E-state index contributed by atoms with van der Waals surface area (Å²) in [5, 5.41) is 16.4. The van der Waals surface area contributed by atoms with Crippen molar-refractivity contribution in [1.82, 2.24) is 15.0 Å². The molecule has 0 bridgehead atoms. The van der Waals surface area contributed by atoms with Gasteiger partial charge in [0.25, 0.3) is 0 Å². The molecule has 0 spiro atoms. The Morgan fingerprint density at radius 1 is 0.865 bits per heavy atom. The summed E-state index contributed by atoms with van der Waals surface area (Å²) in [6.07, 6.45) is 1.50. The smallest absolute Gasteiger partial charge is 0.250 e. The van der Waals surface area contributed by atoms with Gasteiger partial charge in [0.2, 0.25) is 27.9 Å². The topological polar surface area (TPSA) is 157 Å². The molecule has 0 saturated carbocycles. The lowest BCUT2D eigenvalue weighted by Gasteiger charge is -2.11. The highest BCUT2D eigenvalue weighted by molar-refractivity contribution is 7.89. The van der Waals surface area contributed by atoms with Crippen LogP contribution in [-0.2, 0) is 10.0 Å². The molecule has 0 aliphatic heterocycles. The zero-order valence-electron chi connectivity index (χ0n) is 19.2. The summed E-state index contributed by atoms with van der Waals surface area (Å²) in [6, 6.07) is 18.0. The summed E-state index contributed by atoms with van der Waals surface area (Å²) in [5.41, 5.74) is 4.62. The molecule has 11 nitrogen and oxygen atoms in total. The summed E-state index contributed by atoms with van der Waals surface area (Å²) in [6.45, 7) is 0. The lowest BCUT2D eigenvalue weighted by molar-refractivity contribution is 0.415. The number of halogens is 2. The Bertz CT molecular complexity index is 1530. The molecule has 190 valence electrons. The largest absolute Gasteiger partial charge is 0.497 e. The van der Waals surface area contributed by atoms with Crippen LogP contribution < -0.4 is 25.9 Å². The Kier molecular flexibility index (Phi) is 8.04. The Morgan fingerprint density at radius 2 is 1.43 bits per heavy atom. The molecule has 0 aliphatic carbocycles. The fraction of sp³-hybridized carbons (Fsp3) is 0.0435. The van der Waals surface area contributed by atoms with E-state index in [-0.39, 0.29) is 22.7 Å². The lowest BCUT2D eigenvalue weighted by atomic mass is 10.2. The van der Waals surface area contributed by atoms with Crippen molar-refractivity contribution in [3.63, 3.8) is 0 Å². The first-order chi connectivity index (χ1) is 17.7. The second-order valence-corrected chi connectivity index (χ2v) is 9.80. The van der Waals surface area contributed by atoms with Crippen LogP contribution in [0.5, 0.6) is 5.75 Å². The van der Waals surface area contributed by atoms with Crippen molar-refractivity contribution in [2.45, 2.75) is 4.90 Å². The molecule has 1 aromatic heterocycles. The van der Waals surface area contributed by atoms with E-state index in [2.05, 4.69) is 36.1 Å². The number of benzene rings is 3. The van der Waals surface area contributed by atoms with Crippen molar-refractivity contribution in [1.29, 1.82) is 0 Å². The molecule has 0 atom stereocenters. The van der Waals surface area contributed by atoms with Gasteiger partial charge in [0.05, 0.1) is 23.2 Å². The number of hydrogen-bond donors (Lipinski definition) is 4. The molecular weight excluding hydrogens is 539 g/mol. The number of ether oxygens (including phenoxy) is 1. The van der Waals surface area contributed by atoms with Gasteiger partial charge in [-0.05, 0) is 60.7 Å². The third kappa shape index (κ3) is 7.27. The number of aromatic nitrogens is 3. The zero-order chi connectivity index (χ0) is 26.4. The van der Waals surface area contributed by atoms with Crippen LogP contribution in [0.3, 0.4) is 0 Å². The Hall–Kier alpha value is -3.97. The van der Waals surface area contributed by atoms with Gasteiger partial charge in [0.15, 0.2) is 0 Å². The quantitative estimate of drug-likeness (QED) is 0.168. The summed E-state index contributed by atoms with van der Waals surface area (Å²) >= 11 is 12.1. The fourth-order valence-electron chi connectivity index (χ4n) is 2.96. The Labute approximate surface area is 222 Å². The lowest BCUT2D eigenvalue weighted by Crippen LogP contribution is -2.12. The molecule has 0 radical (unpaired) electrons. The third-order valence-electron chi connectivity index (χ3n) is 4.75. The first kappa shape index (κ1) is 26.1. The molecule has 0 amide bonds. The summed E-state index contributed by atoms with van der Waals surface area (Å²) in [4.78, 5) is 13.0. The minimum absolute atomic E-state index is 0.0203. The first-order valence-electron chi connectivity index (χ1n) is 10.5. The number of nitrogens with two attached hydrogens (primary N) is 1. The van der Waals surface area contributed by atoms with Crippen LogP contribution in [0.2, 0.25) is 10.0 Å². The highest BCUT2D eigenvalue weighted by Gasteiger charge is 2.10. The fourth-order valence-corrected chi connectivity index (χ4v) is 3.94. The highest BCUT2D eigenvalue weighted by atomic mass is 35.5. The van der Waals surface area contributed by atoms with Crippen molar-refractivity contribution in [2.75, 3.05) is 23.2 Å². The van der Waals surface area contributed by atoms with E-state index < -0.39 is 10.0 Å². The number of rotatable bonds is 9. The number of primary sulfonamides is 1. The molecule has 1 heterocycles. The van der Waals surface area contributed by atoms with E-state index in [1.54, 1.807) is 49.6 Å². The number of sulfonamides is 1. The predicted molar refractivity (Wildman–Crippen MR) is 145 cm³/mol. The van der Waals surface area contributed by atoms with E-state index >= 15 is 0 Å². The molecule has 0 aliphatic rings. The van der Waals surface area contributed by atoms with Gasteiger partial charge in [-0.1, -0.05) is 29.3 Å². The standard InChI is InChI=1S/C23H20Cl2N8O3S/c1-36-18-8-4-16(5-9-18)28-21-30-22(29-17-6-10-19(11-7-17)37(26,34)35)32-23(31-21)33-27-13-14-2-3-15(24)12-20(14)25/h2-13H,1H3,(H2,26,34,35)(H3,28,29,30,31,32,33)/b27-13+. The van der Waals surface area contributed by atoms with Crippen molar-refractivity contribution >= 4 is 68.7 Å². The van der Waals surface area contributed by atoms with Gasteiger partial charge in [0.1, 0.15) is 5.75 Å². The normalized spacial score (nSPS) is 11.4. The Morgan fingerprint density at radius 3 is 1.97 bits per heavy atom. The van der Waals surface area contributed by atoms with Crippen LogP contribution in [0.1, 0.15) is 5.56 Å². The maximum Gasteiger partial charge on any atom is 0.250 e. The maximum absolute atomic E-state index is 11.5. The average Bonchev–Trinajstić information content (AvgIpc) is 2.85. The molecule has 37 heavy (non-hydrogen) atoms. The first-order valence-corrected chi connectivity index (χ1v) is 12.8. The van der Waals surface area contributed by atoms with Gasteiger partial charge in [-0.2, -0.15) is 20.1 Å². The van der Waals surface area contributed by atoms with Crippen LogP contribution in [0.15, 0.2) is 76.7 Å². The molecule has 4 aromatic rings. The summed E-state index contributed by atoms with van der Waals surface area (Å²) in [5.74, 6) is 1.20. The van der Waals surface area contributed by atoms with Crippen LogP contribution in [-0.4, -0.2) is 36.7 Å². The van der Waals surface area contributed by atoms with Gasteiger partial charge in [-0.25, -0.2) is 19.0 Å². The van der Waals surface area contributed by atoms with Gasteiger partial charge in [-0.3, -0.25) is 0 Å².